The summed E-state index contributed by atoms with van der Waals surface area (Å²) in [6.07, 6.45) is 1.12. The maximum absolute atomic E-state index is 10.4. The Hall–Kier alpha value is -1.01. The molecule has 7 heteroatoms. The van der Waals surface area contributed by atoms with Crippen molar-refractivity contribution in [3.63, 3.8) is 0 Å². The van der Waals surface area contributed by atoms with Gasteiger partial charge < -0.3 is 21.5 Å². The summed E-state index contributed by atoms with van der Waals surface area (Å²) in [6, 6.07) is -0.789. The quantitative estimate of drug-likeness (QED) is 0.441. The van der Waals surface area contributed by atoms with E-state index in [0.717, 1.165) is 0 Å². The van der Waals surface area contributed by atoms with Gasteiger partial charge in [-0.1, -0.05) is 0 Å². The largest absolute Gasteiger partial charge is 0.480 e. The molecule has 0 bridgehead atoms. The minimum atomic E-state index is -0.968. The number of carbonyl (C=O) groups is 1. The molecule has 0 saturated carbocycles. The Balaban J connectivity index is 0. The summed E-state index contributed by atoms with van der Waals surface area (Å²) in [7, 11) is 3.41. The molecule has 0 aromatic heterocycles. The second-order valence-corrected chi connectivity index (χ2v) is 3.09. The predicted molar refractivity (Wildman–Crippen MR) is 62.3 cm³/mol. The molecule has 6 nitrogen and oxygen atoms in total. The maximum Gasteiger partial charge on any atom is 0.320 e. The summed E-state index contributed by atoms with van der Waals surface area (Å²) in [5.41, 5.74) is 10.9. The van der Waals surface area contributed by atoms with Gasteiger partial charge in [-0.25, -0.2) is 0 Å². The molecule has 0 aromatic rings. The predicted octanol–water partition coefficient (Wildman–Crippen LogP) is -0.523. The van der Waals surface area contributed by atoms with Gasteiger partial charge in [-0.15, -0.1) is 12.4 Å². The van der Waals surface area contributed by atoms with Crippen LogP contribution in [0, 0.1) is 0 Å². The van der Waals surface area contributed by atoms with Gasteiger partial charge in [-0.05, 0) is 12.8 Å². The van der Waals surface area contributed by atoms with Crippen LogP contribution in [-0.2, 0) is 4.79 Å². The lowest BCUT2D eigenvalue weighted by Crippen LogP contribution is -2.36. The Morgan fingerprint density at radius 1 is 1.60 bits per heavy atom. The van der Waals surface area contributed by atoms with Gasteiger partial charge in [-0.2, -0.15) is 0 Å². The van der Waals surface area contributed by atoms with Crippen LogP contribution in [0.5, 0.6) is 0 Å². The van der Waals surface area contributed by atoms with E-state index in [1.54, 1.807) is 19.0 Å². The molecular formula is C8H19ClN4O2. The molecule has 0 aliphatic rings. The Morgan fingerprint density at radius 3 is 2.53 bits per heavy atom. The second kappa shape index (κ2) is 8.31. The molecule has 1 atom stereocenters. The molecular weight excluding hydrogens is 220 g/mol. The number of hydrogen-bond donors (Lipinski definition) is 3. The molecule has 5 N–H and O–H groups in total. The minimum Gasteiger partial charge on any atom is -0.480 e. The van der Waals surface area contributed by atoms with Gasteiger partial charge in [0.25, 0.3) is 0 Å². The van der Waals surface area contributed by atoms with Crippen molar-refractivity contribution in [1.82, 2.24) is 4.90 Å². The Labute approximate surface area is 95.7 Å². The van der Waals surface area contributed by atoms with Crippen LogP contribution in [0.4, 0.5) is 0 Å². The molecule has 0 heterocycles. The lowest BCUT2D eigenvalue weighted by Gasteiger charge is -2.17. The highest BCUT2D eigenvalue weighted by atomic mass is 35.5. The first kappa shape index (κ1) is 16.4. The van der Waals surface area contributed by atoms with E-state index in [1.165, 1.54) is 0 Å². The number of nitrogens with two attached hydrogens (primary N) is 2. The summed E-state index contributed by atoms with van der Waals surface area (Å²) in [5, 5.41) is 8.52. The lowest BCUT2D eigenvalue weighted by atomic mass is 10.1. The van der Waals surface area contributed by atoms with Crippen molar-refractivity contribution in [2.75, 3.05) is 20.6 Å². The number of aliphatic imine (C=N–C) groups is 1. The van der Waals surface area contributed by atoms with E-state index >= 15 is 0 Å². The number of carboxylic acid groups (broad SMARTS) is 1. The van der Waals surface area contributed by atoms with Crippen LogP contribution in [0.15, 0.2) is 4.99 Å². The normalized spacial score (nSPS) is 12.9. The highest BCUT2D eigenvalue weighted by molar-refractivity contribution is 5.85. The smallest absolute Gasteiger partial charge is 0.320 e. The molecule has 90 valence electrons. The molecule has 0 aromatic carbocycles. The number of rotatable bonds is 5. The van der Waals surface area contributed by atoms with Crippen LogP contribution in [0.25, 0.3) is 0 Å². The van der Waals surface area contributed by atoms with E-state index in [9.17, 15) is 4.79 Å². The number of hydrogen-bond acceptors (Lipinski definition) is 3. The first-order valence-electron chi connectivity index (χ1n) is 4.40. The summed E-state index contributed by atoms with van der Waals surface area (Å²) in [5.74, 6) is -0.529. The summed E-state index contributed by atoms with van der Waals surface area (Å²) in [6.45, 7) is 0.657. The van der Waals surface area contributed by atoms with Crippen molar-refractivity contribution >= 4 is 24.3 Å². The third-order valence-electron chi connectivity index (χ3n) is 1.95. The molecule has 0 rings (SSSR count). The number of nitrogens with zero attached hydrogens (tertiary/aromatic N) is 2. The van der Waals surface area contributed by atoms with E-state index in [1.807, 2.05) is 0 Å². The van der Waals surface area contributed by atoms with Crippen molar-refractivity contribution in [3.05, 3.63) is 0 Å². The molecule has 0 fully saturated rings. The van der Waals surface area contributed by atoms with Gasteiger partial charge in [0.05, 0.1) is 0 Å². The van der Waals surface area contributed by atoms with Crippen molar-refractivity contribution in [2.45, 2.75) is 18.9 Å². The molecule has 0 amide bonds. The number of aliphatic carboxylic acids is 1. The average molecular weight is 239 g/mol. The Morgan fingerprint density at radius 2 is 2.13 bits per heavy atom. The lowest BCUT2D eigenvalue weighted by molar-refractivity contribution is -0.138. The Bertz CT molecular complexity index is 223. The van der Waals surface area contributed by atoms with Gasteiger partial charge in [0.2, 0.25) is 0 Å². The van der Waals surface area contributed by atoms with E-state index < -0.39 is 12.0 Å². The number of carboxylic acids is 1. The van der Waals surface area contributed by atoms with Crippen LogP contribution >= 0.6 is 12.4 Å². The van der Waals surface area contributed by atoms with Crippen LogP contribution in [0.1, 0.15) is 12.8 Å². The fourth-order valence-electron chi connectivity index (χ4n) is 0.957. The molecule has 0 unspecified atom stereocenters. The molecule has 0 aliphatic carbocycles. The van der Waals surface area contributed by atoms with Crippen molar-refractivity contribution in [1.29, 1.82) is 0 Å². The third-order valence-corrected chi connectivity index (χ3v) is 1.95. The van der Waals surface area contributed by atoms with Crippen molar-refractivity contribution in [2.24, 2.45) is 16.5 Å². The van der Waals surface area contributed by atoms with Crippen molar-refractivity contribution in [3.8, 4) is 0 Å². The molecule has 0 radical (unpaired) electrons. The Kier molecular flexibility index (Phi) is 9.10. The second-order valence-electron chi connectivity index (χ2n) is 3.09. The van der Waals surface area contributed by atoms with Crippen molar-refractivity contribution < 1.29 is 9.90 Å². The first-order valence-corrected chi connectivity index (χ1v) is 4.40. The fourth-order valence-corrected chi connectivity index (χ4v) is 0.957. The van der Waals surface area contributed by atoms with Gasteiger partial charge in [-0.3, -0.25) is 9.79 Å². The van der Waals surface area contributed by atoms with E-state index in [-0.39, 0.29) is 12.4 Å². The van der Waals surface area contributed by atoms with E-state index in [0.29, 0.717) is 25.3 Å². The molecule has 0 aliphatic heterocycles. The SMILES string of the molecule is CN=C(N)N(C)CCC[C@H](N)C(=O)O.Cl. The molecule has 0 saturated heterocycles. The van der Waals surface area contributed by atoms with Crippen LogP contribution in [-0.4, -0.2) is 48.6 Å². The monoisotopic (exact) mass is 238 g/mol. The number of halogens is 1. The standard InChI is InChI=1S/C8H18N4O2.ClH/c1-11-8(10)12(2)5-3-4-6(9)7(13)14;/h6H,3-5,9H2,1-2H3,(H2,10,11)(H,13,14);1H/t6-;/m0./s1. The van der Waals surface area contributed by atoms with Gasteiger partial charge in [0.15, 0.2) is 5.96 Å². The van der Waals surface area contributed by atoms with Gasteiger partial charge >= 0.3 is 5.97 Å². The summed E-state index contributed by atoms with van der Waals surface area (Å²) < 4.78 is 0. The highest BCUT2D eigenvalue weighted by Crippen LogP contribution is 1.96. The zero-order valence-electron chi connectivity index (χ0n) is 9.01. The average Bonchev–Trinajstić information content (AvgIpc) is 2.15. The van der Waals surface area contributed by atoms with E-state index in [4.69, 9.17) is 16.6 Å². The fraction of sp³-hybridized carbons (Fsp3) is 0.750. The van der Waals surface area contributed by atoms with Gasteiger partial charge in [0.1, 0.15) is 6.04 Å². The van der Waals surface area contributed by atoms with Crippen LogP contribution in [0.2, 0.25) is 0 Å². The molecule has 15 heavy (non-hydrogen) atoms. The highest BCUT2D eigenvalue weighted by Gasteiger charge is 2.11. The topological polar surface area (TPSA) is 105 Å². The van der Waals surface area contributed by atoms with E-state index in [2.05, 4.69) is 4.99 Å². The minimum absolute atomic E-state index is 0. The summed E-state index contributed by atoms with van der Waals surface area (Å²) >= 11 is 0. The zero-order valence-corrected chi connectivity index (χ0v) is 9.83. The summed E-state index contributed by atoms with van der Waals surface area (Å²) in [4.78, 5) is 15.9. The van der Waals surface area contributed by atoms with Crippen LogP contribution < -0.4 is 11.5 Å². The third kappa shape index (κ3) is 6.98. The number of guanidine groups is 1. The molecule has 0 spiro atoms. The van der Waals surface area contributed by atoms with Gasteiger partial charge in [0, 0.05) is 20.6 Å². The maximum atomic E-state index is 10.4. The first-order chi connectivity index (χ1) is 6.49. The zero-order chi connectivity index (χ0) is 11.1. The van der Waals surface area contributed by atoms with Crippen LogP contribution in [0.3, 0.4) is 0 Å².